The fraction of sp³-hybridized carbons (Fsp3) is 0.471. The van der Waals surface area contributed by atoms with Gasteiger partial charge in [-0.15, -0.1) is 0 Å². The number of ether oxygens (including phenoxy) is 1. The lowest BCUT2D eigenvalue weighted by molar-refractivity contribution is -0.660. The van der Waals surface area contributed by atoms with Gasteiger partial charge in [-0.2, -0.15) is 0 Å². The van der Waals surface area contributed by atoms with Gasteiger partial charge in [-0.25, -0.2) is 19.0 Å². The van der Waals surface area contributed by atoms with E-state index in [4.69, 9.17) is 15.6 Å². The van der Waals surface area contributed by atoms with Crippen LogP contribution in [0.4, 0.5) is 15.4 Å². The summed E-state index contributed by atoms with van der Waals surface area (Å²) < 4.78 is 6.36. The highest BCUT2D eigenvalue weighted by Crippen LogP contribution is 2.12. The first-order valence-corrected chi connectivity index (χ1v) is 9.39. The number of aromatic nitrogens is 4. The van der Waals surface area contributed by atoms with Gasteiger partial charge in [0, 0.05) is 13.1 Å². The molecule has 15 nitrogen and oxygen atoms in total. The van der Waals surface area contributed by atoms with Crippen LogP contribution in [0.5, 0.6) is 0 Å². The number of imidazole rings is 1. The Hall–Kier alpha value is -4.17. The Morgan fingerprint density at radius 2 is 2.00 bits per heavy atom. The smallest absolute Gasteiger partial charge is 0.419 e. The molecule has 15 heteroatoms. The van der Waals surface area contributed by atoms with Crippen LogP contribution in [0.1, 0.15) is 20.8 Å². The molecule has 2 aromatic rings. The van der Waals surface area contributed by atoms with Crippen molar-refractivity contribution in [2.45, 2.75) is 32.9 Å². The van der Waals surface area contributed by atoms with Gasteiger partial charge in [0.2, 0.25) is 5.52 Å². The summed E-state index contributed by atoms with van der Waals surface area (Å²) in [6, 6.07) is -0.921. The molecular weight excluding hydrogens is 428 g/mol. The number of primary amides is 1. The average Bonchev–Trinajstić information content (AvgIpc) is 3.01. The number of nitrogens with two attached hydrogens (primary N) is 1. The molecule has 0 aliphatic rings. The van der Waals surface area contributed by atoms with E-state index in [1.165, 1.54) is 10.9 Å². The van der Waals surface area contributed by atoms with Crippen molar-refractivity contribution >= 4 is 41.0 Å². The van der Waals surface area contributed by atoms with Crippen LogP contribution in [0.25, 0.3) is 11.2 Å². The van der Waals surface area contributed by atoms with Crippen LogP contribution < -0.4 is 26.6 Å². The number of rotatable bonds is 8. The van der Waals surface area contributed by atoms with Gasteiger partial charge < -0.3 is 25.8 Å². The second kappa shape index (κ2) is 9.76. The Balaban J connectivity index is 2.14. The van der Waals surface area contributed by atoms with E-state index in [9.17, 15) is 24.0 Å². The zero-order valence-corrected chi connectivity index (χ0v) is 17.7. The number of amides is 4. The topological polar surface area (TPSA) is 216 Å². The Labute approximate surface area is 180 Å². The molecule has 2 heterocycles. The number of carbonyl (C=O) groups excluding carboxylic acids is 3. The van der Waals surface area contributed by atoms with E-state index in [1.54, 1.807) is 20.8 Å². The quantitative estimate of drug-likeness (QED) is 0.257. The lowest BCUT2D eigenvalue weighted by atomic mass is 10.2. The molecule has 2 rings (SSSR count). The molecule has 0 bridgehead atoms. The van der Waals surface area contributed by atoms with E-state index in [1.807, 2.05) is 0 Å². The molecule has 32 heavy (non-hydrogen) atoms. The normalized spacial score (nSPS) is 11.1. The van der Waals surface area contributed by atoms with Gasteiger partial charge in [-0.05, 0) is 25.8 Å². The highest BCUT2D eigenvalue weighted by Gasteiger charge is 2.24. The monoisotopic (exact) mass is 453 g/mol. The first-order chi connectivity index (χ1) is 14.9. The van der Waals surface area contributed by atoms with E-state index in [0.29, 0.717) is 0 Å². The number of urea groups is 1. The number of hydrogen-bond acceptors (Lipinski definition) is 7. The van der Waals surface area contributed by atoms with Gasteiger partial charge in [0.1, 0.15) is 12.1 Å². The van der Waals surface area contributed by atoms with E-state index >= 15 is 0 Å². The number of aliphatic carboxylic acids is 1. The number of hydrogen-bond donors (Lipinski definition) is 6. The molecule has 0 aliphatic heterocycles. The molecule has 0 unspecified atom stereocenters. The lowest BCUT2D eigenvalue weighted by Crippen LogP contribution is -2.48. The van der Waals surface area contributed by atoms with Gasteiger partial charge in [-0.1, -0.05) is 0 Å². The Bertz CT molecular complexity index is 1080. The number of carbonyl (C=O) groups is 4. The summed E-state index contributed by atoms with van der Waals surface area (Å²) in [7, 11) is 0. The van der Waals surface area contributed by atoms with Crippen molar-refractivity contribution in [1.29, 1.82) is 0 Å². The van der Waals surface area contributed by atoms with E-state index in [-0.39, 0.29) is 36.6 Å². The van der Waals surface area contributed by atoms with E-state index in [0.717, 1.165) is 4.90 Å². The van der Waals surface area contributed by atoms with Crippen molar-refractivity contribution in [3.63, 3.8) is 0 Å². The molecular formula is C17H25N8O7+. The molecule has 2 aromatic heterocycles. The number of carboxylic acid groups (broad SMARTS) is 1. The summed E-state index contributed by atoms with van der Waals surface area (Å²) in [5.41, 5.74) is 3.80. The molecule has 4 amide bonds. The summed E-state index contributed by atoms with van der Waals surface area (Å²) in [6.45, 7) is 3.94. The van der Waals surface area contributed by atoms with Crippen LogP contribution in [0, 0.1) is 0 Å². The third kappa shape index (κ3) is 6.96. The van der Waals surface area contributed by atoms with Crippen LogP contribution in [0.15, 0.2) is 11.1 Å². The number of H-pyrrole nitrogens is 2. The first kappa shape index (κ1) is 24.1. The minimum absolute atomic E-state index is 0.0352. The fourth-order valence-corrected chi connectivity index (χ4v) is 2.65. The number of anilines is 1. The zero-order valence-electron chi connectivity index (χ0n) is 17.7. The molecule has 7 N–H and O–H groups in total. The van der Waals surface area contributed by atoms with Gasteiger partial charge in [0.15, 0.2) is 18.7 Å². The molecule has 0 fully saturated rings. The van der Waals surface area contributed by atoms with E-state index in [2.05, 4.69) is 25.6 Å². The van der Waals surface area contributed by atoms with Crippen LogP contribution in [0.2, 0.25) is 0 Å². The van der Waals surface area contributed by atoms with Crippen LogP contribution in [0.3, 0.4) is 0 Å². The highest BCUT2D eigenvalue weighted by atomic mass is 16.6. The average molecular weight is 453 g/mol. The predicted molar refractivity (Wildman–Crippen MR) is 109 cm³/mol. The largest absolute Gasteiger partial charge is 0.480 e. The first-order valence-electron chi connectivity index (χ1n) is 9.39. The van der Waals surface area contributed by atoms with Gasteiger partial charge in [0.25, 0.3) is 5.91 Å². The molecule has 0 saturated carbocycles. The van der Waals surface area contributed by atoms with Crippen molar-refractivity contribution in [1.82, 2.24) is 25.2 Å². The maximum Gasteiger partial charge on any atom is 0.419 e. The van der Waals surface area contributed by atoms with E-state index < -0.39 is 41.8 Å². The lowest BCUT2D eigenvalue weighted by Gasteiger charge is -2.22. The number of aromatic amines is 2. The third-order valence-corrected chi connectivity index (χ3v) is 3.83. The third-order valence-electron chi connectivity index (χ3n) is 3.83. The molecule has 0 spiro atoms. The van der Waals surface area contributed by atoms with Gasteiger partial charge >= 0.3 is 29.4 Å². The van der Waals surface area contributed by atoms with Crippen LogP contribution >= 0.6 is 0 Å². The van der Waals surface area contributed by atoms with Gasteiger partial charge in [-0.3, -0.25) is 24.9 Å². The molecule has 0 atom stereocenters. The number of alkyl carbamates (subject to hydrolysis) is 1. The maximum absolute atomic E-state index is 12.7. The number of nitrogens with zero attached hydrogens (tertiary/aromatic N) is 3. The highest BCUT2D eigenvalue weighted by molar-refractivity contribution is 5.94. The van der Waals surface area contributed by atoms with Crippen molar-refractivity contribution in [3.8, 4) is 0 Å². The SMILES string of the molecule is CC(C)(C)OC(=O)NCCN(CC(=O)O)C(=O)C[n+]1c[nH]c2c(NC(N)=O)[nH]c(=O)nc21. The number of carboxylic acids is 1. The number of fused-ring (bicyclic) bond motifs is 1. The summed E-state index contributed by atoms with van der Waals surface area (Å²) in [5.74, 6) is -1.90. The summed E-state index contributed by atoms with van der Waals surface area (Å²) in [4.78, 5) is 68.4. The fourth-order valence-electron chi connectivity index (χ4n) is 2.65. The Kier molecular flexibility index (Phi) is 7.35. The van der Waals surface area contributed by atoms with Gasteiger partial charge in [0.05, 0.1) is 0 Å². The van der Waals surface area contributed by atoms with Crippen molar-refractivity contribution in [2.75, 3.05) is 25.0 Å². The predicted octanol–water partition coefficient (Wildman–Crippen LogP) is -1.53. The second-order valence-electron chi connectivity index (χ2n) is 7.64. The molecule has 174 valence electrons. The summed E-state index contributed by atoms with van der Waals surface area (Å²) in [5, 5.41) is 13.8. The van der Waals surface area contributed by atoms with Crippen molar-refractivity contribution in [3.05, 3.63) is 16.8 Å². The Morgan fingerprint density at radius 1 is 1.31 bits per heavy atom. The maximum atomic E-state index is 12.7. The summed E-state index contributed by atoms with van der Waals surface area (Å²) in [6.07, 6.45) is 0.622. The number of nitrogens with one attached hydrogen (secondary N) is 4. The molecule has 0 saturated heterocycles. The molecule has 0 aromatic carbocycles. The minimum Gasteiger partial charge on any atom is -0.480 e. The van der Waals surface area contributed by atoms with Crippen molar-refractivity contribution in [2.24, 2.45) is 5.73 Å². The standard InChI is InChI=1S/C17H24N8O7/c1-17(2,3)32-16(31)19-4-5-24(7-10(27)28)9(26)6-25-8-20-11-12(21-14(18)29)22-15(30)23-13(11)25/h8H,4-7H2,1-3H3,(H6,18,19,21,22,23,27,28,29,30,31)/p+1. The zero-order chi connectivity index (χ0) is 24.1. The minimum atomic E-state index is -1.25. The summed E-state index contributed by atoms with van der Waals surface area (Å²) >= 11 is 0. The molecule has 0 radical (unpaired) electrons. The second-order valence-corrected chi connectivity index (χ2v) is 7.64. The van der Waals surface area contributed by atoms with Crippen LogP contribution in [-0.4, -0.2) is 74.2 Å². The van der Waals surface area contributed by atoms with Crippen LogP contribution in [-0.2, 0) is 20.9 Å². The Morgan fingerprint density at radius 3 is 2.59 bits per heavy atom. The van der Waals surface area contributed by atoms with Crippen molar-refractivity contribution < 1.29 is 33.6 Å². The molecule has 0 aliphatic carbocycles.